The molecular weight excluding hydrogens is 1440 g/mol. The van der Waals surface area contributed by atoms with Crippen LogP contribution < -0.4 is 15.6 Å². The van der Waals surface area contributed by atoms with Crippen LogP contribution in [-0.2, 0) is 65.3 Å². The zero-order chi connectivity index (χ0) is 72.0. The average Bonchev–Trinajstić information content (AvgIpc) is 1.59. The van der Waals surface area contributed by atoms with Crippen molar-refractivity contribution < 1.29 is 65.3 Å². The van der Waals surface area contributed by atoms with Gasteiger partial charge in [-0.2, -0.15) is 50.1 Å². The number of rotatable bonds is 27. The quantitative estimate of drug-likeness (QED) is 0.0293. The normalized spacial score (nSPS) is 14.1. The molecule has 0 fully saturated rings. The van der Waals surface area contributed by atoms with Gasteiger partial charge in [0.1, 0.15) is 0 Å². The molecule has 0 spiro atoms. The van der Waals surface area contributed by atoms with Crippen molar-refractivity contribution >= 4 is 128 Å². The fourth-order valence-corrected chi connectivity index (χ4v) is 26.6. The summed E-state index contributed by atoms with van der Waals surface area (Å²) in [6.07, 6.45) is 14.8. The molecule has 0 aromatic heterocycles. The van der Waals surface area contributed by atoms with Gasteiger partial charge in [-0.15, -0.1) is 79.1 Å². The van der Waals surface area contributed by atoms with E-state index in [9.17, 15) is 0 Å². The minimum absolute atomic E-state index is 0.0138. The van der Waals surface area contributed by atoms with E-state index >= 15 is 0 Å². The molecular formula is C76H125Cl6N3O3Si3Ti3-6. The number of fused-ring (bicyclic) bond motifs is 4. The molecule has 0 N–H and O–H groups in total. The second-order valence-electron chi connectivity index (χ2n) is 31.9. The molecule has 6 aromatic carbocycles. The summed E-state index contributed by atoms with van der Waals surface area (Å²) >= 11 is -1.67. The van der Waals surface area contributed by atoms with Crippen molar-refractivity contribution in [3.8, 4) is 0 Å². The first-order valence-corrected chi connectivity index (χ1v) is 55.3. The third-order valence-electron chi connectivity index (χ3n) is 16.5. The molecule has 3 atom stereocenters. The summed E-state index contributed by atoms with van der Waals surface area (Å²) < 4.78 is 17.6. The Morgan fingerprint density at radius 2 is 0.638 bits per heavy atom. The third kappa shape index (κ3) is 36.3. The van der Waals surface area contributed by atoms with Crippen LogP contribution in [0.25, 0.3) is 47.3 Å². The third-order valence-corrected chi connectivity index (χ3v) is 29.0. The van der Waals surface area contributed by atoms with Crippen LogP contribution in [0.2, 0.25) is 37.8 Å². The standard InChI is InChI=1S/C28H41NOSi.C24H39NOSi.C24H45NOSi.6ClH.3Ti/c1-27(2,3)29-31(7,21-15-9-8-14-20-30-28(4,5)6)26-24-18-12-10-16-22(24)23-17-11-13-19-25(23)26;1-23(2,3)25-27(7,19-13-9-8-12-18-26-24(4,5)6)22-17-16-20-14-10-11-15-21(20)22;1-18-19(2)21(4)22(20(18)3)27(11,25-23(5,6)7)17-15-13-12-14-16-26-24(8,9)10;;;;;;;;;/h10-13,16-19H,8-9,14-15,20-21H2,1-7H3;10-11,14-17H,8-9,12-13,18-19H2,1-7H3;12-17H2,1-11H3;6*1H;;;/q3*-2;;;;;;;3*+2/p-6. The number of benzene rings is 3. The fraction of sp³-hybridized carbons (Fsp3) is 0.645. The Bertz CT molecular complexity index is 2940. The van der Waals surface area contributed by atoms with E-state index < -0.39 is 75.8 Å². The number of halogens is 6. The average molecular weight is 1570 g/mol. The van der Waals surface area contributed by atoms with Crippen molar-refractivity contribution in [1.29, 1.82) is 0 Å². The van der Waals surface area contributed by atoms with Crippen molar-refractivity contribution in [2.75, 3.05) is 19.8 Å². The van der Waals surface area contributed by atoms with Gasteiger partial charge in [-0.3, -0.25) is 0 Å². The Balaban J connectivity index is 0.000000663. The molecule has 0 radical (unpaired) electrons. The van der Waals surface area contributed by atoms with Crippen molar-refractivity contribution in [1.82, 2.24) is 0 Å². The molecule has 0 heterocycles. The summed E-state index contributed by atoms with van der Waals surface area (Å²) in [5.41, 5.74) is 5.91. The fourth-order valence-electron chi connectivity index (χ4n) is 13.1. The van der Waals surface area contributed by atoms with E-state index in [-0.39, 0.29) is 33.4 Å². The van der Waals surface area contributed by atoms with Crippen molar-refractivity contribution in [3.63, 3.8) is 0 Å². The van der Waals surface area contributed by atoms with Gasteiger partial charge < -0.3 is 29.2 Å². The van der Waals surface area contributed by atoms with Gasteiger partial charge in [0, 0.05) is 19.8 Å². The Kier molecular flexibility index (Phi) is 43.9. The Hall–Kier alpha value is 0.784. The Morgan fingerprint density at radius 1 is 0.362 bits per heavy atom. The molecule has 6 rings (SSSR count). The number of nitrogens with zero attached hydrogens (tertiary/aromatic N) is 3. The predicted molar refractivity (Wildman–Crippen MR) is 423 cm³/mol. The molecule has 94 heavy (non-hydrogen) atoms. The molecule has 0 saturated heterocycles. The molecule has 6 nitrogen and oxygen atoms in total. The Morgan fingerprint density at radius 3 is 0.968 bits per heavy atom. The summed E-state index contributed by atoms with van der Waals surface area (Å²) in [7, 11) is 23.5. The van der Waals surface area contributed by atoms with Gasteiger partial charge in [-0.05, 0) is 81.6 Å². The van der Waals surface area contributed by atoms with Crippen LogP contribution in [0.15, 0.2) is 84.9 Å². The van der Waals surface area contributed by atoms with Gasteiger partial charge in [0.25, 0.3) is 0 Å². The second-order valence-corrected chi connectivity index (χ2v) is 51.0. The molecule has 0 aliphatic heterocycles. The number of ether oxygens (including phenoxy) is 3. The first-order chi connectivity index (χ1) is 43.4. The summed E-state index contributed by atoms with van der Waals surface area (Å²) in [5.74, 6) is 0. The predicted octanol–water partition coefficient (Wildman–Crippen LogP) is 26.0. The molecule has 0 saturated carbocycles. The number of hydrogen-bond donors (Lipinski definition) is 0. The van der Waals surface area contributed by atoms with Gasteiger partial charge >= 0.3 is 107 Å². The monoisotopic (exact) mass is 1570 g/mol. The van der Waals surface area contributed by atoms with Gasteiger partial charge in [-0.1, -0.05) is 253 Å². The summed E-state index contributed by atoms with van der Waals surface area (Å²) in [6, 6.07) is 35.0. The van der Waals surface area contributed by atoms with E-state index in [1.54, 1.807) is 10.4 Å². The van der Waals surface area contributed by atoms with Gasteiger partial charge in [0.2, 0.25) is 0 Å². The molecule has 0 bridgehead atoms. The first kappa shape index (κ1) is 92.8. The second kappa shape index (κ2) is 44.4. The van der Waals surface area contributed by atoms with Crippen LogP contribution in [-0.4, -0.2) is 77.9 Å². The van der Waals surface area contributed by atoms with Crippen LogP contribution in [0.3, 0.4) is 0 Å². The van der Waals surface area contributed by atoms with E-state index in [1.807, 2.05) is 0 Å². The van der Waals surface area contributed by atoms with Gasteiger partial charge in [-0.25, -0.2) is 0 Å². The maximum absolute atomic E-state index is 5.89. The van der Waals surface area contributed by atoms with Crippen molar-refractivity contribution in [3.05, 3.63) is 122 Å². The summed E-state index contributed by atoms with van der Waals surface area (Å²) in [5, 5.41) is 13.1. The van der Waals surface area contributed by atoms with Gasteiger partial charge in [0.05, 0.1) is 16.8 Å². The van der Waals surface area contributed by atoms with Crippen LogP contribution >= 0.6 is 55.8 Å². The van der Waals surface area contributed by atoms with E-state index in [2.05, 4.69) is 257 Å². The number of unbranched alkanes of at least 4 members (excludes halogenated alkanes) is 9. The molecule has 0 amide bonds. The number of hydrogen-bond acceptors (Lipinski definition) is 3. The first-order valence-electron chi connectivity index (χ1n) is 34.4. The zero-order valence-corrected chi connectivity index (χ0v) is 75.4. The molecule has 6 aromatic rings. The maximum atomic E-state index is 5.89. The Labute approximate surface area is 629 Å². The van der Waals surface area contributed by atoms with Crippen LogP contribution in [0.5, 0.6) is 0 Å². The molecule has 0 aliphatic rings. The minimum atomic E-state index is -2.04. The van der Waals surface area contributed by atoms with E-state index in [1.165, 1.54) is 142 Å². The van der Waals surface area contributed by atoms with Crippen LogP contribution in [0.1, 0.15) is 224 Å². The summed E-state index contributed by atoms with van der Waals surface area (Å²) in [4.78, 5) is 16.4. The van der Waals surface area contributed by atoms with E-state index in [0.717, 1.165) is 32.7 Å². The van der Waals surface area contributed by atoms with Gasteiger partial charge in [0.15, 0.2) is 0 Å². The van der Waals surface area contributed by atoms with Crippen LogP contribution in [0.4, 0.5) is 0 Å². The molecule has 3 unspecified atom stereocenters. The topological polar surface area (TPSA) is 70.0 Å². The van der Waals surface area contributed by atoms with Crippen molar-refractivity contribution in [2.24, 2.45) is 0 Å². The van der Waals surface area contributed by atoms with Crippen molar-refractivity contribution in [2.45, 2.75) is 301 Å². The van der Waals surface area contributed by atoms with Crippen LogP contribution in [0, 0.1) is 27.7 Å². The molecule has 18 heteroatoms. The van der Waals surface area contributed by atoms with E-state index in [0.29, 0.717) is 0 Å². The van der Waals surface area contributed by atoms with E-state index in [4.69, 9.17) is 85.0 Å². The zero-order valence-electron chi connectivity index (χ0n) is 63.1. The summed E-state index contributed by atoms with van der Waals surface area (Å²) in [6.45, 7) is 58.7. The molecule has 0 aliphatic carbocycles. The SMILES string of the molecule is CC(C)(C)[N-][Si](C)(CCCCCCOC(C)(C)C)[c-]1c2ccccc2c2ccccc21.CC(C)(C)[N-][Si](C)(CCCCCCOC(C)(C)C)[c-]1ccc2ccccc21.Cc1c(C)c(C)[c-]([Si](C)(CCCCCCOC(C)(C)C)[N-]C(C)(C)C)c1C.[Cl][Ti][Cl].[Cl][Ti][Cl].[Cl][Ti][Cl]. The molecule has 534 valence electrons.